The number of carbonyl (C=O) groups excluding carboxylic acids is 1. The van der Waals surface area contributed by atoms with Crippen molar-refractivity contribution in [3.63, 3.8) is 0 Å². The van der Waals surface area contributed by atoms with Crippen LogP contribution >= 0.6 is 0 Å². The number of aromatic amines is 1. The van der Waals surface area contributed by atoms with E-state index in [1.54, 1.807) is 12.3 Å². The first-order chi connectivity index (χ1) is 13.2. The second kappa shape index (κ2) is 8.80. The van der Waals surface area contributed by atoms with Gasteiger partial charge in [-0.15, -0.1) is 0 Å². The van der Waals surface area contributed by atoms with Gasteiger partial charge in [0.2, 0.25) is 0 Å². The summed E-state index contributed by atoms with van der Waals surface area (Å²) < 4.78 is 0. The summed E-state index contributed by atoms with van der Waals surface area (Å²) in [6.07, 6.45) is 1.62. The molecule has 0 radical (unpaired) electrons. The highest BCUT2D eigenvalue weighted by Crippen LogP contribution is 2.17. The largest absolute Gasteiger partial charge is 0.372 e. The molecule has 2 N–H and O–H groups in total. The van der Waals surface area contributed by atoms with E-state index in [4.69, 9.17) is 0 Å². The van der Waals surface area contributed by atoms with Gasteiger partial charge in [0.25, 0.3) is 5.91 Å². The van der Waals surface area contributed by atoms with Gasteiger partial charge in [0.15, 0.2) is 0 Å². The van der Waals surface area contributed by atoms with Gasteiger partial charge in [-0.2, -0.15) is 10.2 Å². The molecule has 1 amide bonds. The van der Waals surface area contributed by atoms with Gasteiger partial charge < -0.3 is 4.90 Å². The molecule has 138 valence electrons. The summed E-state index contributed by atoms with van der Waals surface area (Å²) in [5.74, 6) is -0.333. The Balaban J connectivity index is 1.60. The molecule has 6 nitrogen and oxygen atoms in total. The Bertz CT molecular complexity index is 896. The van der Waals surface area contributed by atoms with Crippen molar-refractivity contribution in [2.45, 2.75) is 13.8 Å². The standard InChI is InChI=1S/C21H23N5O/c1-3-26(4-2)18-12-10-16(11-13-18)15-22-25-21(27)20-14-19(23-24-20)17-8-6-5-7-9-17/h5-15H,3-4H2,1-2H3,(H,23,24)(H,25,27)/b22-15+. The van der Waals surface area contributed by atoms with Crippen molar-refractivity contribution in [3.05, 3.63) is 71.9 Å². The van der Waals surface area contributed by atoms with Crippen LogP contribution in [0.15, 0.2) is 65.8 Å². The van der Waals surface area contributed by atoms with Gasteiger partial charge in [0, 0.05) is 24.3 Å². The highest BCUT2D eigenvalue weighted by atomic mass is 16.2. The van der Waals surface area contributed by atoms with Crippen LogP contribution in [-0.2, 0) is 0 Å². The molecule has 0 aliphatic heterocycles. The number of H-pyrrole nitrogens is 1. The Morgan fingerprint density at radius 1 is 1.11 bits per heavy atom. The molecular weight excluding hydrogens is 338 g/mol. The average molecular weight is 361 g/mol. The normalized spacial score (nSPS) is 10.9. The minimum atomic E-state index is -0.333. The van der Waals surface area contributed by atoms with E-state index < -0.39 is 0 Å². The van der Waals surface area contributed by atoms with Crippen molar-refractivity contribution in [2.24, 2.45) is 5.10 Å². The molecule has 3 aromatic rings. The molecule has 0 saturated carbocycles. The number of amides is 1. The zero-order valence-electron chi connectivity index (χ0n) is 15.5. The smallest absolute Gasteiger partial charge is 0.289 e. The monoisotopic (exact) mass is 361 g/mol. The number of nitrogens with zero attached hydrogens (tertiary/aromatic N) is 3. The van der Waals surface area contributed by atoms with Crippen LogP contribution < -0.4 is 10.3 Å². The molecule has 0 spiro atoms. The highest BCUT2D eigenvalue weighted by molar-refractivity contribution is 5.94. The topological polar surface area (TPSA) is 73.4 Å². The molecular formula is C21H23N5O. The van der Waals surface area contributed by atoms with Gasteiger partial charge in [0.1, 0.15) is 5.69 Å². The molecule has 1 heterocycles. The molecule has 0 fully saturated rings. The summed E-state index contributed by atoms with van der Waals surface area (Å²) in [6, 6.07) is 19.5. The molecule has 1 aromatic heterocycles. The first-order valence-corrected chi connectivity index (χ1v) is 9.00. The van der Waals surface area contributed by atoms with Crippen molar-refractivity contribution in [2.75, 3.05) is 18.0 Å². The van der Waals surface area contributed by atoms with E-state index in [9.17, 15) is 4.79 Å². The van der Waals surface area contributed by atoms with Crippen LogP contribution in [0.2, 0.25) is 0 Å². The molecule has 0 saturated heterocycles. The Morgan fingerprint density at radius 2 is 1.81 bits per heavy atom. The van der Waals surface area contributed by atoms with E-state index in [0.717, 1.165) is 29.9 Å². The molecule has 27 heavy (non-hydrogen) atoms. The van der Waals surface area contributed by atoms with E-state index in [1.807, 2.05) is 42.5 Å². The number of hydrazone groups is 1. The average Bonchev–Trinajstić information content (AvgIpc) is 3.21. The van der Waals surface area contributed by atoms with E-state index in [0.29, 0.717) is 5.69 Å². The maximum absolute atomic E-state index is 12.2. The lowest BCUT2D eigenvalue weighted by atomic mass is 10.1. The summed E-state index contributed by atoms with van der Waals surface area (Å²) >= 11 is 0. The molecule has 0 atom stereocenters. The molecule has 0 bridgehead atoms. The van der Waals surface area contributed by atoms with Gasteiger partial charge in [-0.25, -0.2) is 5.43 Å². The first-order valence-electron chi connectivity index (χ1n) is 9.00. The number of carbonyl (C=O) groups is 1. The number of rotatable bonds is 7. The van der Waals surface area contributed by atoms with Crippen LogP contribution in [0.3, 0.4) is 0 Å². The Kier molecular flexibility index (Phi) is 5.99. The lowest BCUT2D eigenvalue weighted by molar-refractivity contribution is 0.0950. The zero-order chi connectivity index (χ0) is 19.1. The highest BCUT2D eigenvalue weighted by Gasteiger charge is 2.10. The molecule has 6 heteroatoms. The molecule has 2 aromatic carbocycles. The van der Waals surface area contributed by atoms with Gasteiger partial charge in [0.05, 0.1) is 11.9 Å². The quantitative estimate of drug-likeness (QED) is 0.498. The van der Waals surface area contributed by atoms with Crippen molar-refractivity contribution >= 4 is 17.8 Å². The number of hydrogen-bond acceptors (Lipinski definition) is 4. The second-order valence-electron chi connectivity index (χ2n) is 6.00. The Morgan fingerprint density at radius 3 is 2.48 bits per heavy atom. The molecule has 3 rings (SSSR count). The van der Waals surface area contributed by atoms with Crippen molar-refractivity contribution < 1.29 is 4.79 Å². The SMILES string of the molecule is CCN(CC)c1ccc(/C=N/NC(=O)c2cc(-c3ccccc3)n[nH]2)cc1. The van der Waals surface area contributed by atoms with Crippen molar-refractivity contribution in [3.8, 4) is 11.3 Å². The van der Waals surface area contributed by atoms with E-state index in [1.165, 1.54) is 5.69 Å². The summed E-state index contributed by atoms with van der Waals surface area (Å²) in [6.45, 7) is 6.20. The number of benzene rings is 2. The third-order valence-electron chi connectivity index (χ3n) is 4.29. The minimum Gasteiger partial charge on any atom is -0.372 e. The maximum Gasteiger partial charge on any atom is 0.289 e. The predicted molar refractivity (Wildman–Crippen MR) is 109 cm³/mol. The van der Waals surface area contributed by atoms with E-state index in [-0.39, 0.29) is 5.91 Å². The lowest BCUT2D eigenvalue weighted by Crippen LogP contribution is -2.21. The van der Waals surface area contributed by atoms with Gasteiger partial charge in [-0.3, -0.25) is 9.89 Å². The molecule has 0 unspecified atom stereocenters. The summed E-state index contributed by atoms with van der Waals surface area (Å²) in [4.78, 5) is 14.5. The fourth-order valence-corrected chi connectivity index (χ4v) is 2.78. The third kappa shape index (κ3) is 4.61. The van der Waals surface area contributed by atoms with E-state index in [2.05, 4.69) is 51.6 Å². The summed E-state index contributed by atoms with van der Waals surface area (Å²) in [5.41, 5.74) is 6.64. The van der Waals surface area contributed by atoms with Crippen molar-refractivity contribution in [1.29, 1.82) is 0 Å². The third-order valence-corrected chi connectivity index (χ3v) is 4.29. The number of hydrogen-bond donors (Lipinski definition) is 2. The minimum absolute atomic E-state index is 0.333. The Labute approximate surface area is 158 Å². The Hall–Kier alpha value is -3.41. The lowest BCUT2D eigenvalue weighted by Gasteiger charge is -2.20. The van der Waals surface area contributed by atoms with E-state index >= 15 is 0 Å². The second-order valence-corrected chi connectivity index (χ2v) is 6.00. The number of anilines is 1. The fourth-order valence-electron chi connectivity index (χ4n) is 2.78. The van der Waals surface area contributed by atoms with Crippen LogP contribution in [0.5, 0.6) is 0 Å². The molecule has 0 aliphatic rings. The van der Waals surface area contributed by atoms with Gasteiger partial charge in [-0.05, 0) is 37.6 Å². The first kappa shape index (κ1) is 18.4. The maximum atomic E-state index is 12.2. The van der Waals surface area contributed by atoms with Crippen molar-refractivity contribution in [1.82, 2.24) is 15.6 Å². The van der Waals surface area contributed by atoms with Crippen LogP contribution in [0.1, 0.15) is 29.9 Å². The summed E-state index contributed by atoms with van der Waals surface area (Å²) in [7, 11) is 0. The number of nitrogens with one attached hydrogen (secondary N) is 2. The molecule has 0 aliphatic carbocycles. The fraction of sp³-hybridized carbons (Fsp3) is 0.190. The zero-order valence-corrected chi connectivity index (χ0v) is 15.5. The number of aromatic nitrogens is 2. The van der Waals surface area contributed by atoms with Crippen LogP contribution in [0.4, 0.5) is 5.69 Å². The van der Waals surface area contributed by atoms with Gasteiger partial charge in [-0.1, -0.05) is 42.5 Å². The van der Waals surface area contributed by atoms with Crippen LogP contribution in [-0.4, -0.2) is 35.4 Å². The summed E-state index contributed by atoms with van der Waals surface area (Å²) in [5, 5.41) is 10.9. The van der Waals surface area contributed by atoms with Gasteiger partial charge >= 0.3 is 0 Å². The van der Waals surface area contributed by atoms with Crippen LogP contribution in [0, 0.1) is 0 Å². The van der Waals surface area contributed by atoms with Crippen LogP contribution in [0.25, 0.3) is 11.3 Å². The predicted octanol–water partition coefficient (Wildman–Crippen LogP) is 3.69.